The third kappa shape index (κ3) is 2.20. The van der Waals surface area contributed by atoms with Crippen LogP contribution in [0.2, 0.25) is 0 Å². The molecule has 0 saturated heterocycles. The molecule has 3 aromatic rings. The first-order chi connectivity index (χ1) is 10.7. The SMILES string of the molecule is Cc1cc2nnc(S[C@H]3CCCCC3=O)n2c2ccccc12. The molecule has 0 aliphatic heterocycles. The van der Waals surface area contributed by atoms with Crippen LogP contribution in [0.1, 0.15) is 31.2 Å². The second-order valence-corrected chi connectivity index (χ2v) is 7.01. The van der Waals surface area contributed by atoms with Crippen LogP contribution in [0.4, 0.5) is 0 Å². The highest BCUT2D eigenvalue weighted by molar-refractivity contribution is 8.00. The molecular weight excluding hydrogens is 294 g/mol. The Bertz CT molecular complexity index is 871. The Kier molecular flexibility index (Phi) is 3.37. The van der Waals surface area contributed by atoms with Crippen molar-refractivity contribution in [3.8, 4) is 0 Å². The summed E-state index contributed by atoms with van der Waals surface area (Å²) in [6.45, 7) is 2.09. The lowest BCUT2D eigenvalue weighted by Crippen LogP contribution is -2.21. The molecule has 0 spiro atoms. The summed E-state index contributed by atoms with van der Waals surface area (Å²) in [6, 6.07) is 10.3. The van der Waals surface area contributed by atoms with Gasteiger partial charge in [0.1, 0.15) is 5.78 Å². The Morgan fingerprint density at radius 1 is 1.23 bits per heavy atom. The standard InChI is InChI=1S/C17H17N3OS/c1-11-10-16-18-19-17(22-15-9-5-4-8-14(15)21)20(16)13-7-3-2-6-12(11)13/h2-3,6-7,10,15H,4-5,8-9H2,1H3/t15-/m0/s1. The van der Waals surface area contributed by atoms with E-state index in [4.69, 9.17) is 0 Å². The van der Waals surface area contributed by atoms with Crippen LogP contribution in [0, 0.1) is 6.92 Å². The van der Waals surface area contributed by atoms with E-state index in [2.05, 4.69) is 39.7 Å². The molecule has 4 nitrogen and oxygen atoms in total. The number of aromatic nitrogens is 3. The largest absolute Gasteiger partial charge is 0.298 e. The van der Waals surface area contributed by atoms with Gasteiger partial charge in [-0.15, -0.1) is 10.2 Å². The van der Waals surface area contributed by atoms with Crippen molar-refractivity contribution in [1.29, 1.82) is 0 Å². The highest BCUT2D eigenvalue weighted by atomic mass is 32.2. The first-order valence-corrected chi connectivity index (χ1v) is 8.55. The highest BCUT2D eigenvalue weighted by Gasteiger charge is 2.25. The quantitative estimate of drug-likeness (QED) is 0.722. The van der Waals surface area contributed by atoms with E-state index in [0.717, 1.165) is 35.6 Å². The monoisotopic (exact) mass is 311 g/mol. The molecule has 1 aliphatic rings. The fraction of sp³-hybridized carbons (Fsp3) is 0.353. The van der Waals surface area contributed by atoms with Crippen LogP contribution in [0.25, 0.3) is 16.6 Å². The zero-order valence-corrected chi connectivity index (χ0v) is 13.3. The van der Waals surface area contributed by atoms with E-state index < -0.39 is 0 Å². The molecule has 0 bridgehead atoms. The third-order valence-electron chi connectivity index (χ3n) is 4.32. The first kappa shape index (κ1) is 13.8. The van der Waals surface area contributed by atoms with Crippen molar-refractivity contribution in [3.05, 3.63) is 35.9 Å². The number of ketones is 1. The van der Waals surface area contributed by atoms with Crippen molar-refractivity contribution < 1.29 is 4.79 Å². The molecule has 0 radical (unpaired) electrons. The zero-order valence-electron chi connectivity index (χ0n) is 12.5. The number of nitrogens with zero attached hydrogens (tertiary/aromatic N) is 3. The zero-order chi connectivity index (χ0) is 15.1. The van der Waals surface area contributed by atoms with E-state index >= 15 is 0 Å². The Morgan fingerprint density at radius 2 is 2.09 bits per heavy atom. The number of rotatable bonds is 2. The van der Waals surface area contributed by atoms with Crippen molar-refractivity contribution in [1.82, 2.24) is 14.6 Å². The molecule has 22 heavy (non-hydrogen) atoms. The molecule has 1 atom stereocenters. The number of pyridine rings is 1. The number of carbonyl (C=O) groups is 1. The number of para-hydroxylation sites is 1. The molecule has 1 fully saturated rings. The minimum absolute atomic E-state index is 0.0289. The molecule has 5 heteroatoms. The molecule has 0 N–H and O–H groups in total. The lowest BCUT2D eigenvalue weighted by atomic mass is 9.99. The Morgan fingerprint density at radius 3 is 2.95 bits per heavy atom. The van der Waals surface area contributed by atoms with Crippen LogP contribution in [-0.2, 0) is 4.79 Å². The smallest absolute Gasteiger partial charge is 0.196 e. The molecule has 0 unspecified atom stereocenters. The molecule has 112 valence electrons. The van der Waals surface area contributed by atoms with Crippen molar-refractivity contribution in [2.24, 2.45) is 0 Å². The van der Waals surface area contributed by atoms with Crippen molar-refractivity contribution in [2.75, 3.05) is 0 Å². The second-order valence-electron chi connectivity index (χ2n) is 5.84. The van der Waals surface area contributed by atoms with Crippen LogP contribution < -0.4 is 0 Å². The van der Waals surface area contributed by atoms with Gasteiger partial charge in [-0.2, -0.15) is 0 Å². The van der Waals surface area contributed by atoms with Gasteiger partial charge >= 0.3 is 0 Å². The summed E-state index contributed by atoms with van der Waals surface area (Å²) in [7, 11) is 0. The normalized spacial score (nSPS) is 19.1. The number of thioether (sulfide) groups is 1. The summed E-state index contributed by atoms with van der Waals surface area (Å²) in [5, 5.41) is 10.7. The number of benzene rings is 1. The maximum Gasteiger partial charge on any atom is 0.196 e. The fourth-order valence-electron chi connectivity index (χ4n) is 3.15. The van der Waals surface area contributed by atoms with E-state index in [9.17, 15) is 4.79 Å². The van der Waals surface area contributed by atoms with Crippen LogP contribution in [0.5, 0.6) is 0 Å². The number of carbonyl (C=O) groups excluding carboxylic acids is 1. The van der Waals surface area contributed by atoms with Gasteiger partial charge in [0, 0.05) is 11.8 Å². The van der Waals surface area contributed by atoms with Gasteiger partial charge in [-0.3, -0.25) is 9.20 Å². The van der Waals surface area contributed by atoms with Crippen LogP contribution in [0.15, 0.2) is 35.5 Å². The molecule has 1 aromatic carbocycles. The summed E-state index contributed by atoms with van der Waals surface area (Å²) in [5.41, 5.74) is 3.15. The average molecular weight is 311 g/mol. The van der Waals surface area contributed by atoms with E-state index in [-0.39, 0.29) is 5.25 Å². The maximum atomic E-state index is 12.1. The number of hydrogen-bond donors (Lipinski definition) is 0. The van der Waals surface area contributed by atoms with E-state index in [1.54, 1.807) is 11.8 Å². The minimum atomic E-state index is 0.0289. The molecule has 1 aliphatic carbocycles. The number of aryl methyl sites for hydroxylation is 1. The summed E-state index contributed by atoms with van der Waals surface area (Å²) in [6.07, 6.45) is 3.80. The lowest BCUT2D eigenvalue weighted by molar-refractivity contribution is -0.119. The number of fused-ring (bicyclic) bond motifs is 3. The molecule has 4 rings (SSSR count). The summed E-state index contributed by atoms with van der Waals surface area (Å²) < 4.78 is 2.08. The highest BCUT2D eigenvalue weighted by Crippen LogP contribution is 2.32. The van der Waals surface area contributed by atoms with Gasteiger partial charge in [-0.05, 0) is 37.5 Å². The van der Waals surface area contributed by atoms with Gasteiger partial charge in [0.25, 0.3) is 0 Å². The van der Waals surface area contributed by atoms with Gasteiger partial charge < -0.3 is 0 Å². The van der Waals surface area contributed by atoms with Gasteiger partial charge in [0.15, 0.2) is 10.8 Å². The Labute approximate surface area is 132 Å². The van der Waals surface area contributed by atoms with Crippen LogP contribution >= 0.6 is 11.8 Å². The van der Waals surface area contributed by atoms with Crippen molar-refractivity contribution in [3.63, 3.8) is 0 Å². The summed E-state index contributed by atoms with van der Waals surface area (Å²) in [4.78, 5) is 12.1. The third-order valence-corrected chi connectivity index (χ3v) is 5.58. The van der Waals surface area contributed by atoms with Crippen LogP contribution in [-0.4, -0.2) is 25.6 Å². The molecular formula is C17H17N3OS. The molecule has 2 aromatic heterocycles. The van der Waals surface area contributed by atoms with Crippen LogP contribution in [0.3, 0.4) is 0 Å². The molecule has 2 heterocycles. The maximum absolute atomic E-state index is 12.1. The van der Waals surface area contributed by atoms with Gasteiger partial charge in [0.2, 0.25) is 0 Å². The predicted octanol–water partition coefficient (Wildman–Crippen LogP) is 3.79. The predicted molar refractivity (Wildman–Crippen MR) is 88.4 cm³/mol. The second kappa shape index (κ2) is 5.39. The van der Waals surface area contributed by atoms with Gasteiger partial charge in [-0.1, -0.05) is 36.4 Å². The number of hydrogen-bond acceptors (Lipinski definition) is 4. The van der Waals surface area contributed by atoms with Gasteiger partial charge in [0.05, 0.1) is 10.8 Å². The van der Waals surface area contributed by atoms with E-state index in [1.807, 2.05) is 12.1 Å². The fourth-order valence-corrected chi connectivity index (χ4v) is 4.33. The lowest BCUT2D eigenvalue weighted by Gasteiger charge is -2.19. The van der Waals surface area contributed by atoms with Crippen molar-refractivity contribution >= 4 is 34.1 Å². The summed E-state index contributed by atoms with van der Waals surface area (Å²) >= 11 is 1.57. The number of Topliss-reactive ketones (excluding diaryl/α,β-unsaturated/α-hetero) is 1. The van der Waals surface area contributed by atoms with Gasteiger partial charge in [-0.25, -0.2) is 0 Å². The topological polar surface area (TPSA) is 47.3 Å². The minimum Gasteiger partial charge on any atom is -0.298 e. The Hall–Kier alpha value is -1.88. The first-order valence-electron chi connectivity index (χ1n) is 7.67. The Balaban J connectivity index is 1.85. The van der Waals surface area contributed by atoms with Crippen molar-refractivity contribution in [2.45, 2.75) is 43.0 Å². The van der Waals surface area contributed by atoms with E-state index in [0.29, 0.717) is 12.2 Å². The summed E-state index contributed by atoms with van der Waals surface area (Å²) in [5.74, 6) is 0.351. The molecule has 0 amide bonds. The van der Waals surface area contributed by atoms with E-state index in [1.165, 1.54) is 10.9 Å². The molecule has 1 saturated carbocycles. The average Bonchev–Trinajstić information content (AvgIpc) is 2.93.